The normalized spacial score (nSPS) is 22.1. The molecule has 0 radical (unpaired) electrons. The van der Waals surface area contributed by atoms with E-state index in [9.17, 15) is 9.59 Å². The molecule has 2 aliphatic rings. The number of piperazine rings is 1. The van der Waals surface area contributed by atoms with Crippen LogP contribution in [0.1, 0.15) is 59.3 Å². The van der Waals surface area contributed by atoms with Gasteiger partial charge in [-0.25, -0.2) is 0 Å². The van der Waals surface area contributed by atoms with Crippen molar-refractivity contribution in [2.24, 2.45) is 17.1 Å². The predicted molar refractivity (Wildman–Crippen MR) is 91.8 cm³/mol. The molecule has 132 valence electrons. The van der Waals surface area contributed by atoms with Gasteiger partial charge in [-0.1, -0.05) is 40.0 Å². The molecule has 0 aromatic heterocycles. The molecule has 0 bridgehead atoms. The number of rotatable bonds is 3. The summed E-state index contributed by atoms with van der Waals surface area (Å²) in [7, 11) is 0. The van der Waals surface area contributed by atoms with Crippen molar-refractivity contribution >= 4 is 11.8 Å². The first kappa shape index (κ1) is 18.2. The van der Waals surface area contributed by atoms with Crippen molar-refractivity contribution in [1.29, 1.82) is 0 Å². The minimum absolute atomic E-state index is 0.0110. The molecule has 0 aromatic rings. The Hall–Kier alpha value is -1.10. The SMILES string of the molecule is CC(C)(C)[C@H](N)C(=O)N1CCN(C(=O)CC2CCCCC2)CC1. The van der Waals surface area contributed by atoms with Crippen LogP contribution in [-0.2, 0) is 9.59 Å². The summed E-state index contributed by atoms with van der Waals surface area (Å²) in [6.07, 6.45) is 6.94. The number of carbonyl (C=O) groups is 2. The fraction of sp³-hybridized carbons (Fsp3) is 0.889. The Labute approximate surface area is 140 Å². The minimum Gasteiger partial charge on any atom is -0.339 e. The summed E-state index contributed by atoms with van der Waals surface area (Å²) in [6, 6.07) is -0.480. The monoisotopic (exact) mass is 323 g/mol. The third kappa shape index (κ3) is 4.93. The van der Waals surface area contributed by atoms with Crippen molar-refractivity contribution in [2.45, 2.75) is 65.3 Å². The van der Waals surface area contributed by atoms with E-state index in [0.29, 0.717) is 38.5 Å². The van der Waals surface area contributed by atoms with Crippen molar-refractivity contribution in [3.63, 3.8) is 0 Å². The van der Waals surface area contributed by atoms with Crippen molar-refractivity contribution in [1.82, 2.24) is 9.80 Å². The zero-order valence-electron chi connectivity index (χ0n) is 15.0. The molecule has 1 heterocycles. The molecule has 1 saturated heterocycles. The third-order valence-corrected chi connectivity index (χ3v) is 5.33. The van der Waals surface area contributed by atoms with Crippen LogP contribution in [0.4, 0.5) is 0 Å². The lowest BCUT2D eigenvalue weighted by Gasteiger charge is -2.38. The van der Waals surface area contributed by atoms with E-state index in [4.69, 9.17) is 5.73 Å². The van der Waals surface area contributed by atoms with Gasteiger partial charge in [-0.15, -0.1) is 0 Å². The second kappa shape index (κ2) is 7.65. The first-order chi connectivity index (χ1) is 10.8. The van der Waals surface area contributed by atoms with Gasteiger partial charge in [0.2, 0.25) is 11.8 Å². The first-order valence-electron chi connectivity index (χ1n) is 9.11. The van der Waals surface area contributed by atoms with Gasteiger partial charge in [0.1, 0.15) is 0 Å². The third-order valence-electron chi connectivity index (χ3n) is 5.33. The quantitative estimate of drug-likeness (QED) is 0.864. The van der Waals surface area contributed by atoms with Crippen molar-refractivity contribution < 1.29 is 9.59 Å². The molecule has 5 nitrogen and oxygen atoms in total. The Morgan fingerprint density at radius 2 is 1.52 bits per heavy atom. The van der Waals surface area contributed by atoms with Crippen LogP contribution in [0.15, 0.2) is 0 Å². The summed E-state index contributed by atoms with van der Waals surface area (Å²) in [5.41, 5.74) is 5.84. The van der Waals surface area contributed by atoms with E-state index in [2.05, 4.69) is 0 Å². The van der Waals surface area contributed by atoms with Crippen LogP contribution in [0.25, 0.3) is 0 Å². The van der Waals surface area contributed by atoms with E-state index in [-0.39, 0.29) is 17.2 Å². The zero-order valence-corrected chi connectivity index (χ0v) is 15.0. The number of hydrogen-bond acceptors (Lipinski definition) is 3. The molecular formula is C18H33N3O2. The standard InChI is InChI=1S/C18H33N3O2/c1-18(2,3)16(19)17(23)21-11-9-20(10-12-21)15(22)13-14-7-5-4-6-8-14/h14,16H,4-13,19H2,1-3H3/t16-/m1/s1. The topological polar surface area (TPSA) is 66.6 Å². The summed E-state index contributed by atoms with van der Waals surface area (Å²) in [5.74, 6) is 0.853. The van der Waals surface area contributed by atoms with Gasteiger partial charge in [0.15, 0.2) is 0 Å². The largest absolute Gasteiger partial charge is 0.339 e. The molecule has 1 aliphatic carbocycles. The fourth-order valence-corrected chi connectivity index (χ4v) is 3.51. The summed E-state index contributed by atoms with van der Waals surface area (Å²) in [4.78, 5) is 28.6. The van der Waals surface area contributed by atoms with Gasteiger partial charge in [-0.2, -0.15) is 0 Å². The maximum absolute atomic E-state index is 12.4. The second-order valence-corrected chi connectivity index (χ2v) is 8.26. The molecule has 2 fully saturated rings. The van der Waals surface area contributed by atoms with Crippen LogP contribution in [0, 0.1) is 11.3 Å². The molecule has 23 heavy (non-hydrogen) atoms. The molecular weight excluding hydrogens is 290 g/mol. The molecule has 5 heteroatoms. The van der Waals surface area contributed by atoms with Gasteiger partial charge in [0, 0.05) is 32.6 Å². The predicted octanol–water partition coefficient (Wildman–Crippen LogP) is 2.00. The molecule has 0 spiro atoms. The second-order valence-electron chi connectivity index (χ2n) is 8.26. The Kier molecular flexibility index (Phi) is 6.06. The minimum atomic E-state index is -0.480. The van der Waals surface area contributed by atoms with Gasteiger partial charge >= 0.3 is 0 Å². The van der Waals surface area contributed by atoms with Gasteiger partial charge in [-0.05, 0) is 24.2 Å². The highest BCUT2D eigenvalue weighted by atomic mass is 16.2. The van der Waals surface area contributed by atoms with E-state index >= 15 is 0 Å². The van der Waals surface area contributed by atoms with E-state index in [1.807, 2.05) is 30.6 Å². The molecule has 0 aromatic carbocycles. The lowest BCUT2D eigenvalue weighted by molar-refractivity contribution is -0.142. The highest BCUT2D eigenvalue weighted by Gasteiger charge is 2.33. The van der Waals surface area contributed by atoms with E-state index in [1.54, 1.807) is 0 Å². The van der Waals surface area contributed by atoms with Crippen molar-refractivity contribution in [3.05, 3.63) is 0 Å². The zero-order chi connectivity index (χ0) is 17.0. The van der Waals surface area contributed by atoms with E-state index < -0.39 is 6.04 Å². The maximum Gasteiger partial charge on any atom is 0.240 e. The smallest absolute Gasteiger partial charge is 0.240 e. The molecule has 1 aliphatic heterocycles. The average Bonchev–Trinajstić information content (AvgIpc) is 2.53. The number of nitrogens with zero attached hydrogens (tertiary/aromatic N) is 2. The Bertz CT molecular complexity index is 416. The lowest BCUT2D eigenvalue weighted by Crippen LogP contribution is -2.57. The van der Waals surface area contributed by atoms with Crippen molar-refractivity contribution in [2.75, 3.05) is 26.2 Å². The molecule has 2 N–H and O–H groups in total. The highest BCUT2D eigenvalue weighted by molar-refractivity contribution is 5.83. The Balaban J connectivity index is 1.79. The summed E-state index contributed by atoms with van der Waals surface area (Å²) < 4.78 is 0. The van der Waals surface area contributed by atoms with Gasteiger partial charge < -0.3 is 15.5 Å². The van der Waals surface area contributed by atoms with Crippen molar-refractivity contribution in [3.8, 4) is 0 Å². The lowest BCUT2D eigenvalue weighted by atomic mass is 9.86. The van der Waals surface area contributed by atoms with E-state index in [0.717, 1.165) is 0 Å². The van der Waals surface area contributed by atoms with Crippen LogP contribution in [0.5, 0.6) is 0 Å². The Morgan fingerprint density at radius 3 is 2.04 bits per heavy atom. The molecule has 2 rings (SSSR count). The number of hydrogen-bond donors (Lipinski definition) is 1. The first-order valence-corrected chi connectivity index (χ1v) is 9.11. The van der Waals surface area contributed by atoms with Gasteiger partial charge in [0.05, 0.1) is 6.04 Å². The fourth-order valence-electron chi connectivity index (χ4n) is 3.51. The number of nitrogens with two attached hydrogens (primary N) is 1. The van der Waals surface area contributed by atoms with Crippen LogP contribution >= 0.6 is 0 Å². The molecule has 2 amide bonds. The molecule has 1 atom stereocenters. The summed E-state index contributed by atoms with van der Waals surface area (Å²) in [6.45, 7) is 8.47. The number of amides is 2. The van der Waals surface area contributed by atoms with Gasteiger partial charge in [0.25, 0.3) is 0 Å². The average molecular weight is 323 g/mol. The Morgan fingerprint density at radius 1 is 1.00 bits per heavy atom. The van der Waals surface area contributed by atoms with Crippen LogP contribution < -0.4 is 5.73 Å². The molecule has 1 saturated carbocycles. The van der Waals surface area contributed by atoms with Crippen LogP contribution in [0.3, 0.4) is 0 Å². The summed E-state index contributed by atoms with van der Waals surface area (Å²) in [5, 5.41) is 0. The maximum atomic E-state index is 12.4. The van der Waals surface area contributed by atoms with Crippen LogP contribution in [0.2, 0.25) is 0 Å². The van der Waals surface area contributed by atoms with E-state index in [1.165, 1.54) is 32.1 Å². The summed E-state index contributed by atoms with van der Waals surface area (Å²) >= 11 is 0. The highest BCUT2D eigenvalue weighted by Crippen LogP contribution is 2.27. The number of carbonyl (C=O) groups excluding carboxylic acids is 2. The molecule has 0 unspecified atom stereocenters. The van der Waals surface area contributed by atoms with Gasteiger partial charge in [-0.3, -0.25) is 9.59 Å². The van der Waals surface area contributed by atoms with Crippen LogP contribution in [-0.4, -0.2) is 53.8 Å².